The van der Waals surface area contributed by atoms with Gasteiger partial charge in [-0.1, -0.05) is 71.9 Å². The van der Waals surface area contributed by atoms with E-state index in [1.54, 1.807) is 6.08 Å². The molecule has 0 unspecified atom stereocenters. The molecule has 3 rings (SSSR count). The van der Waals surface area contributed by atoms with Crippen molar-refractivity contribution in [1.82, 2.24) is 9.97 Å². The Morgan fingerprint density at radius 3 is 2.12 bits per heavy atom. The number of nitriles is 1. The second-order valence-electron chi connectivity index (χ2n) is 9.70. The van der Waals surface area contributed by atoms with E-state index in [1.807, 2.05) is 53.9 Å². The average Bonchev–Trinajstić information content (AvgIpc) is 3.19. The molecule has 32 heavy (non-hydrogen) atoms. The largest absolute Gasteiger partial charge is 0.297 e. The number of nitrogens with one attached hydrogen (secondary N) is 1. The van der Waals surface area contributed by atoms with Gasteiger partial charge in [-0.15, -0.1) is 11.3 Å². The molecule has 0 spiro atoms. The van der Waals surface area contributed by atoms with Gasteiger partial charge >= 0.3 is 0 Å². The first-order valence-electron chi connectivity index (χ1n) is 10.4. The number of rotatable bonds is 4. The highest BCUT2D eigenvalue weighted by Gasteiger charge is 2.22. The maximum atomic E-state index is 12.8. The summed E-state index contributed by atoms with van der Waals surface area (Å²) in [6.07, 6.45) is 1.62. The first-order chi connectivity index (χ1) is 15.0. The molecule has 1 aromatic carbocycles. The highest BCUT2D eigenvalue weighted by atomic mass is 32.1. The molecular formula is C26H28N4OS. The van der Waals surface area contributed by atoms with Crippen molar-refractivity contribution >= 4 is 28.5 Å². The van der Waals surface area contributed by atoms with Crippen molar-refractivity contribution in [3.63, 3.8) is 0 Å². The highest BCUT2D eigenvalue weighted by molar-refractivity contribution is 7.14. The number of thiazole rings is 1. The summed E-state index contributed by atoms with van der Waals surface area (Å²) in [6, 6.07) is 15.7. The van der Waals surface area contributed by atoms with E-state index in [0.29, 0.717) is 5.13 Å². The molecule has 0 saturated carbocycles. The zero-order valence-electron chi connectivity index (χ0n) is 19.4. The molecule has 0 aliphatic carbocycles. The smallest absolute Gasteiger partial charge is 0.268 e. The van der Waals surface area contributed by atoms with Crippen molar-refractivity contribution < 1.29 is 4.79 Å². The summed E-state index contributed by atoms with van der Waals surface area (Å²) in [4.78, 5) is 22.1. The molecule has 0 saturated heterocycles. The van der Waals surface area contributed by atoms with E-state index in [9.17, 15) is 10.1 Å². The number of anilines is 1. The Labute approximate surface area is 193 Å². The Bertz CT molecular complexity index is 1160. The molecule has 0 fully saturated rings. The highest BCUT2D eigenvalue weighted by Crippen LogP contribution is 2.29. The van der Waals surface area contributed by atoms with Crippen LogP contribution in [0.1, 0.15) is 58.5 Å². The zero-order valence-corrected chi connectivity index (χ0v) is 20.2. The molecule has 5 nitrogen and oxygen atoms in total. The third kappa shape index (κ3) is 5.68. The molecule has 0 atom stereocenters. The Hall–Kier alpha value is -3.30. The summed E-state index contributed by atoms with van der Waals surface area (Å²) >= 11 is 1.33. The van der Waals surface area contributed by atoms with E-state index in [0.717, 1.165) is 28.2 Å². The summed E-state index contributed by atoms with van der Waals surface area (Å²) in [5.74, 6) is -0.479. The SMILES string of the molecule is CC(C)(C)c1cc(/C=C(\C#N)C(=O)Nc2nc(-c3ccccc3)cs2)cc(C(C)(C)C)n1. The van der Waals surface area contributed by atoms with Crippen LogP contribution in [0.4, 0.5) is 5.13 Å². The number of carbonyl (C=O) groups excluding carboxylic acids is 1. The minimum Gasteiger partial charge on any atom is -0.297 e. The van der Waals surface area contributed by atoms with Crippen LogP contribution in [0.5, 0.6) is 0 Å². The van der Waals surface area contributed by atoms with E-state index in [1.165, 1.54) is 11.3 Å². The number of carbonyl (C=O) groups is 1. The molecule has 1 N–H and O–H groups in total. The van der Waals surface area contributed by atoms with Crippen molar-refractivity contribution in [3.8, 4) is 17.3 Å². The fraction of sp³-hybridized carbons (Fsp3) is 0.308. The third-order valence-electron chi connectivity index (χ3n) is 4.85. The molecule has 164 valence electrons. The molecule has 0 radical (unpaired) electrons. The van der Waals surface area contributed by atoms with Gasteiger partial charge in [0.1, 0.15) is 11.6 Å². The summed E-state index contributed by atoms with van der Waals surface area (Å²) in [7, 11) is 0. The van der Waals surface area contributed by atoms with Crippen LogP contribution in [0.15, 0.2) is 53.4 Å². The Morgan fingerprint density at radius 1 is 1.00 bits per heavy atom. The van der Waals surface area contributed by atoms with E-state index >= 15 is 0 Å². The molecule has 2 aromatic heterocycles. The van der Waals surface area contributed by atoms with Crippen molar-refractivity contribution in [2.24, 2.45) is 0 Å². The molecule has 2 heterocycles. The van der Waals surface area contributed by atoms with Crippen molar-refractivity contribution in [1.29, 1.82) is 5.26 Å². The van der Waals surface area contributed by atoms with Crippen LogP contribution < -0.4 is 5.32 Å². The van der Waals surface area contributed by atoms with Gasteiger partial charge in [0.15, 0.2) is 5.13 Å². The number of amides is 1. The van der Waals surface area contributed by atoms with E-state index in [-0.39, 0.29) is 16.4 Å². The number of pyridine rings is 1. The lowest BCUT2D eigenvalue weighted by Gasteiger charge is -2.24. The monoisotopic (exact) mass is 444 g/mol. The van der Waals surface area contributed by atoms with Crippen molar-refractivity contribution in [2.75, 3.05) is 5.32 Å². The predicted molar refractivity (Wildman–Crippen MR) is 131 cm³/mol. The number of hydrogen-bond donors (Lipinski definition) is 1. The van der Waals surface area contributed by atoms with Gasteiger partial charge in [0, 0.05) is 33.2 Å². The predicted octanol–water partition coefficient (Wildman–Crippen LogP) is 6.35. The van der Waals surface area contributed by atoms with Crippen LogP contribution in [-0.4, -0.2) is 15.9 Å². The second kappa shape index (κ2) is 9.05. The quantitative estimate of drug-likeness (QED) is 0.376. The Balaban J connectivity index is 1.90. The second-order valence-corrected chi connectivity index (χ2v) is 10.6. The number of hydrogen-bond acceptors (Lipinski definition) is 5. The number of aromatic nitrogens is 2. The van der Waals surface area contributed by atoms with Crippen LogP contribution in [0.25, 0.3) is 17.3 Å². The average molecular weight is 445 g/mol. The fourth-order valence-corrected chi connectivity index (χ4v) is 3.67. The molecule has 3 aromatic rings. The number of nitrogens with zero attached hydrogens (tertiary/aromatic N) is 3. The van der Waals surface area contributed by atoms with Crippen LogP contribution >= 0.6 is 11.3 Å². The van der Waals surface area contributed by atoms with Gasteiger partial charge in [0.2, 0.25) is 0 Å². The van der Waals surface area contributed by atoms with Crippen molar-refractivity contribution in [3.05, 3.63) is 70.4 Å². The van der Waals surface area contributed by atoms with Gasteiger partial charge in [-0.3, -0.25) is 15.1 Å². The Kier molecular flexibility index (Phi) is 6.61. The molecule has 6 heteroatoms. The maximum Gasteiger partial charge on any atom is 0.268 e. The third-order valence-corrected chi connectivity index (χ3v) is 5.61. The lowest BCUT2D eigenvalue weighted by molar-refractivity contribution is -0.112. The summed E-state index contributed by atoms with van der Waals surface area (Å²) in [5, 5.41) is 14.8. The van der Waals surface area contributed by atoms with Crippen LogP contribution in [-0.2, 0) is 15.6 Å². The van der Waals surface area contributed by atoms with Crippen LogP contribution in [0.2, 0.25) is 0 Å². The normalized spacial score (nSPS) is 12.3. The van der Waals surface area contributed by atoms with E-state index in [2.05, 4.69) is 51.8 Å². The first kappa shape index (κ1) is 23.4. The fourth-order valence-electron chi connectivity index (χ4n) is 2.96. The number of benzene rings is 1. The standard InChI is InChI=1S/C26H28N4OS/c1-25(2,3)21-13-17(14-22(29-21)26(4,5)6)12-19(15-27)23(31)30-24-28-20(16-32-24)18-10-8-7-9-11-18/h7-14,16H,1-6H3,(H,28,30,31)/b19-12+. The molecule has 0 bridgehead atoms. The Morgan fingerprint density at radius 2 is 1.59 bits per heavy atom. The van der Waals surface area contributed by atoms with Crippen molar-refractivity contribution in [2.45, 2.75) is 52.4 Å². The van der Waals surface area contributed by atoms with Gasteiger partial charge in [0.25, 0.3) is 5.91 Å². The van der Waals surface area contributed by atoms with E-state index in [4.69, 9.17) is 4.98 Å². The van der Waals surface area contributed by atoms with Crippen LogP contribution in [0, 0.1) is 11.3 Å². The summed E-state index contributed by atoms with van der Waals surface area (Å²) in [6.45, 7) is 12.6. The van der Waals surface area contributed by atoms with Gasteiger partial charge in [0.05, 0.1) is 5.69 Å². The first-order valence-corrected chi connectivity index (χ1v) is 11.3. The van der Waals surface area contributed by atoms with E-state index < -0.39 is 5.91 Å². The lowest BCUT2D eigenvalue weighted by atomic mass is 9.86. The van der Waals surface area contributed by atoms with Gasteiger partial charge in [-0.05, 0) is 23.8 Å². The summed E-state index contributed by atoms with van der Waals surface area (Å²) in [5.41, 5.74) is 4.08. The lowest BCUT2D eigenvalue weighted by Crippen LogP contribution is -2.20. The summed E-state index contributed by atoms with van der Waals surface area (Å²) < 4.78 is 0. The van der Waals surface area contributed by atoms with Gasteiger partial charge < -0.3 is 0 Å². The van der Waals surface area contributed by atoms with Crippen LogP contribution in [0.3, 0.4) is 0 Å². The van der Waals surface area contributed by atoms with Gasteiger partial charge in [-0.25, -0.2) is 4.98 Å². The van der Waals surface area contributed by atoms with Gasteiger partial charge in [-0.2, -0.15) is 5.26 Å². The maximum absolute atomic E-state index is 12.8. The minimum atomic E-state index is -0.479. The molecule has 1 amide bonds. The molecular weight excluding hydrogens is 416 g/mol. The minimum absolute atomic E-state index is 0.0207. The molecule has 0 aliphatic heterocycles. The zero-order chi connectivity index (χ0) is 23.5. The molecule has 0 aliphatic rings. The topological polar surface area (TPSA) is 78.7 Å².